The summed E-state index contributed by atoms with van der Waals surface area (Å²) in [5.41, 5.74) is -1.67. The van der Waals surface area contributed by atoms with Gasteiger partial charge in [-0.2, -0.15) is 0 Å². The van der Waals surface area contributed by atoms with Gasteiger partial charge < -0.3 is 10.0 Å². The summed E-state index contributed by atoms with van der Waals surface area (Å²) in [6.07, 6.45) is 4.38. The van der Waals surface area contributed by atoms with E-state index in [1.807, 2.05) is 6.92 Å². The Morgan fingerprint density at radius 3 is 1.96 bits per heavy atom. The average Bonchev–Trinajstić information content (AvgIpc) is 2.56. The van der Waals surface area contributed by atoms with Crippen molar-refractivity contribution in [1.29, 1.82) is 0 Å². The average molecular weight is 353 g/mol. The molecular formula is C16H23N3O6. The Morgan fingerprint density at radius 1 is 1.00 bits per heavy atom. The minimum Gasteiger partial charge on any atom is -0.478 e. The van der Waals surface area contributed by atoms with Gasteiger partial charge in [0.15, 0.2) is 5.69 Å². The summed E-state index contributed by atoms with van der Waals surface area (Å²) in [5.74, 6) is -1.44. The van der Waals surface area contributed by atoms with E-state index in [4.69, 9.17) is 5.11 Å². The third kappa shape index (κ3) is 5.40. The fraction of sp³-hybridized carbons (Fsp3) is 0.562. The lowest BCUT2D eigenvalue weighted by molar-refractivity contribution is -0.392. The smallest absolute Gasteiger partial charge is 0.336 e. The molecule has 0 aromatic heterocycles. The van der Waals surface area contributed by atoms with E-state index in [9.17, 15) is 25.0 Å². The molecule has 0 spiro atoms. The van der Waals surface area contributed by atoms with E-state index in [1.165, 1.54) is 0 Å². The molecule has 138 valence electrons. The summed E-state index contributed by atoms with van der Waals surface area (Å²) < 4.78 is 0. The van der Waals surface area contributed by atoms with Crippen LogP contribution >= 0.6 is 0 Å². The molecule has 0 atom stereocenters. The van der Waals surface area contributed by atoms with E-state index in [-0.39, 0.29) is 5.69 Å². The van der Waals surface area contributed by atoms with Gasteiger partial charge in [0.2, 0.25) is 0 Å². The van der Waals surface area contributed by atoms with Crippen molar-refractivity contribution in [2.75, 3.05) is 18.0 Å². The number of carbonyl (C=O) groups is 1. The van der Waals surface area contributed by atoms with Gasteiger partial charge in [0, 0.05) is 25.2 Å². The number of aromatic carboxylic acids is 1. The molecule has 0 aliphatic carbocycles. The second-order valence-electron chi connectivity index (χ2n) is 5.73. The molecule has 0 amide bonds. The predicted octanol–water partition coefficient (Wildman–Crippen LogP) is 4.00. The lowest BCUT2D eigenvalue weighted by atomic mass is 10.1. The van der Waals surface area contributed by atoms with E-state index < -0.39 is 32.8 Å². The van der Waals surface area contributed by atoms with Crippen molar-refractivity contribution in [2.24, 2.45) is 0 Å². The number of hydrogen-bond acceptors (Lipinski definition) is 6. The summed E-state index contributed by atoms with van der Waals surface area (Å²) >= 11 is 0. The highest BCUT2D eigenvalue weighted by Gasteiger charge is 2.32. The van der Waals surface area contributed by atoms with Crippen molar-refractivity contribution in [1.82, 2.24) is 0 Å². The maximum atomic E-state index is 11.4. The SMILES string of the molecule is CCCCCCN(CCC)c1c([N+](=O)[O-])cc(C(=O)O)cc1[N+](=O)[O-]. The molecule has 0 aliphatic rings. The molecule has 1 rings (SSSR count). The Morgan fingerprint density at radius 2 is 1.56 bits per heavy atom. The summed E-state index contributed by atoms with van der Waals surface area (Å²) in [6.45, 7) is 4.80. The molecular weight excluding hydrogens is 330 g/mol. The quantitative estimate of drug-likeness (QED) is 0.362. The van der Waals surface area contributed by atoms with E-state index in [2.05, 4.69) is 6.92 Å². The zero-order chi connectivity index (χ0) is 19.0. The van der Waals surface area contributed by atoms with Crippen LogP contribution in [0.5, 0.6) is 0 Å². The Balaban J connectivity index is 3.41. The van der Waals surface area contributed by atoms with Crippen molar-refractivity contribution in [3.63, 3.8) is 0 Å². The molecule has 0 fully saturated rings. The second-order valence-corrected chi connectivity index (χ2v) is 5.73. The molecule has 0 saturated heterocycles. The zero-order valence-corrected chi connectivity index (χ0v) is 14.4. The number of carboxylic acids is 1. The second kappa shape index (κ2) is 9.55. The van der Waals surface area contributed by atoms with Gasteiger partial charge in [-0.05, 0) is 12.8 Å². The van der Waals surface area contributed by atoms with Crippen molar-refractivity contribution >= 4 is 23.0 Å². The third-order valence-corrected chi connectivity index (χ3v) is 3.80. The number of unbranched alkanes of at least 4 members (excludes halogenated alkanes) is 3. The van der Waals surface area contributed by atoms with Gasteiger partial charge in [0.25, 0.3) is 0 Å². The van der Waals surface area contributed by atoms with Gasteiger partial charge in [-0.1, -0.05) is 33.1 Å². The van der Waals surface area contributed by atoms with Crippen molar-refractivity contribution in [3.05, 3.63) is 37.9 Å². The van der Waals surface area contributed by atoms with Gasteiger partial charge in [0.05, 0.1) is 15.4 Å². The van der Waals surface area contributed by atoms with E-state index in [0.29, 0.717) is 19.5 Å². The maximum absolute atomic E-state index is 11.4. The molecule has 0 saturated carbocycles. The van der Waals surface area contributed by atoms with Crippen molar-refractivity contribution in [2.45, 2.75) is 46.0 Å². The van der Waals surface area contributed by atoms with Crippen LogP contribution in [-0.2, 0) is 0 Å². The molecule has 9 nitrogen and oxygen atoms in total. The molecule has 1 N–H and O–H groups in total. The molecule has 0 aliphatic heterocycles. The minimum absolute atomic E-state index is 0.113. The van der Waals surface area contributed by atoms with Crippen LogP contribution < -0.4 is 4.90 Å². The Labute approximate surface area is 145 Å². The molecule has 25 heavy (non-hydrogen) atoms. The molecule has 0 radical (unpaired) electrons. The largest absolute Gasteiger partial charge is 0.478 e. The normalized spacial score (nSPS) is 10.5. The van der Waals surface area contributed by atoms with Crippen LogP contribution in [0.15, 0.2) is 12.1 Å². The first kappa shape index (κ1) is 20.3. The topological polar surface area (TPSA) is 127 Å². The van der Waals surface area contributed by atoms with Crippen LogP contribution in [0, 0.1) is 20.2 Å². The summed E-state index contributed by atoms with van der Waals surface area (Å²) in [5, 5.41) is 31.9. The van der Waals surface area contributed by atoms with E-state index in [0.717, 1.165) is 37.8 Å². The van der Waals surface area contributed by atoms with Crippen LogP contribution in [0.1, 0.15) is 56.3 Å². The van der Waals surface area contributed by atoms with Crippen LogP contribution in [0.3, 0.4) is 0 Å². The number of nitro groups is 2. The number of nitrogens with zero attached hydrogens (tertiary/aromatic N) is 3. The van der Waals surface area contributed by atoms with Crippen molar-refractivity contribution in [3.8, 4) is 0 Å². The summed E-state index contributed by atoms with van der Waals surface area (Å²) in [7, 11) is 0. The highest BCUT2D eigenvalue weighted by Crippen LogP contribution is 2.39. The first-order valence-corrected chi connectivity index (χ1v) is 8.28. The fourth-order valence-corrected chi connectivity index (χ4v) is 2.66. The minimum atomic E-state index is -1.44. The number of hydrogen-bond donors (Lipinski definition) is 1. The van der Waals surface area contributed by atoms with Gasteiger partial charge in [-0.3, -0.25) is 20.2 Å². The molecule has 1 aromatic rings. The van der Waals surface area contributed by atoms with Crippen LogP contribution in [0.2, 0.25) is 0 Å². The molecule has 1 aromatic carbocycles. The Bertz CT molecular complexity index is 612. The molecule has 0 heterocycles. The van der Waals surface area contributed by atoms with Crippen molar-refractivity contribution < 1.29 is 19.7 Å². The van der Waals surface area contributed by atoms with E-state index >= 15 is 0 Å². The molecule has 0 bridgehead atoms. The summed E-state index contributed by atoms with van der Waals surface area (Å²) in [6, 6.07) is 1.78. The first-order valence-electron chi connectivity index (χ1n) is 8.28. The maximum Gasteiger partial charge on any atom is 0.336 e. The van der Waals surface area contributed by atoms with Gasteiger partial charge in [-0.15, -0.1) is 0 Å². The molecule has 9 heteroatoms. The number of rotatable bonds is 11. The highest BCUT2D eigenvalue weighted by molar-refractivity contribution is 5.92. The van der Waals surface area contributed by atoms with E-state index in [1.54, 1.807) is 4.90 Å². The lowest BCUT2D eigenvalue weighted by Gasteiger charge is -2.24. The number of nitro benzene ring substituents is 2. The Kier molecular flexibility index (Phi) is 7.77. The molecule has 0 unspecified atom stereocenters. The number of benzene rings is 1. The summed E-state index contributed by atoms with van der Waals surface area (Å²) in [4.78, 5) is 34.1. The lowest BCUT2D eigenvalue weighted by Crippen LogP contribution is -2.27. The highest BCUT2D eigenvalue weighted by atomic mass is 16.6. The van der Waals surface area contributed by atoms with Crippen LogP contribution in [0.25, 0.3) is 0 Å². The standard InChI is InChI=1S/C16H23N3O6/c1-3-5-6-7-9-17(8-4-2)15-13(18(22)23)10-12(16(20)21)11-14(15)19(24)25/h10-11H,3-9H2,1-2H3,(H,20,21). The Hall–Kier alpha value is -2.71. The van der Waals surface area contributed by atoms with Gasteiger partial charge in [-0.25, -0.2) is 4.79 Å². The van der Waals surface area contributed by atoms with Crippen LogP contribution in [-0.4, -0.2) is 34.0 Å². The zero-order valence-electron chi connectivity index (χ0n) is 14.4. The van der Waals surface area contributed by atoms with Gasteiger partial charge >= 0.3 is 17.3 Å². The van der Waals surface area contributed by atoms with Gasteiger partial charge in [0.1, 0.15) is 0 Å². The predicted molar refractivity (Wildman–Crippen MR) is 93.4 cm³/mol. The number of carboxylic acid groups (broad SMARTS) is 1. The third-order valence-electron chi connectivity index (χ3n) is 3.80. The number of anilines is 1. The monoisotopic (exact) mass is 353 g/mol. The van der Waals surface area contributed by atoms with Crippen LogP contribution in [0.4, 0.5) is 17.1 Å². The first-order chi connectivity index (χ1) is 11.8. The fourth-order valence-electron chi connectivity index (χ4n) is 2.66.